The van der Waals surface area contributed by atoms with E-state index in [4.69, 9.17) is 0 Å². The van der Waals surface area contributed by atoms with E-state index in [1.54, 1.807) is 39.6 Å². The smallest absolute Gasteiger partial charge is 0.221 e. The second-order valence-electron chi connectivity index (χ2n) is 4.34. The molecule has 0 aliphatic rings. The van der Waals surface area contributed by atoms with Gasteiger partial charge in [-0.15, -0.1) is 22.7 Å². The number of carbonyl (C=O) groups is 1. The molecule has 18 heavy (non-hydrogen) atoms. The minimum atomic E-state index is 0.0644. The highest BCUT2D eigenvalue weighted by atomic mass is 32.1. The maximum Gasteiger partial charge on any atom is 0.221 e. The van der Waals surface area contributed by atoms with Crippen LogP contribution in [0.3, 0.4) is 0 Å². The van der Waals surface area contributed by atoms with E-state index in [2.05, 4.69) is 11.2 Å². The lowest BCUT2D eigenvalue weighted by atomic mass is 10.2. The first-order valence-electron chi connectivity index (χ1n) is 5.72. The third kappa shape index (κ3) is 1.79. The summed E-state index contributed by atoms with van der Waals surface area (Å²) in [4.78, 5) is 13.2. The average Bonchev–Trinajstić information content (AvgIpc) is 3.02. The first-order valence-corrected chi connectivity index (χ1v) is 7.41. The quantitative estimate of drug-likeness (QED) is 0.678. The summed E-state index contributed by atoms with van der Waals surface area (Å²) >= 11 is 3.22. The standard InChI is InChI=1S/C13H12N2OS2/c1-8(2)15-9(3-5-14-15)13(16)12-7-11-10(18-12)4-6-17-11/h3-8H,1-2H3. The lowest BCUT2D eigenvalue weighted by Crippen LogP contribution is -2.12. The van der Waals surface area contributed by atoms with Gasteiger partial charge in [0.1, 0.15) is 5.69 Å². The molecule has 3 rings (SSSR count). The Labute approximate surface area is 113 Å². The van der Waals surface area contributed by atoms with Gasteiger partial charge in [0, 0.05) is 21.6 Å². The zero-order chi connectivity index (χ0) is 12.7. The Hall–Kier alpha value is -1.46. The van der Waals surface area contributed by atoms with Gasteiger partial charge in [-0.1, -0.05) is 0 Å². The van der Waals surface area contributed by atoms with Crippen LogP contribution >= 0.6 is 22.7 Å². The summed E-state index contributed by atoms with van der Waals surface area (Å²) in [6, 6.07) is 6.02. The number of hydrogen-bond donors (Lipinski definition) is 0. The highest BCUT2D eigenvalue weighted by Crippen LogP contribution is 2.31. The first-order chi connectivity index (χ1) is 8.66. The van der Waals surface area contributed by atoms with Gasteiger partial charge in [-0.3, -0.25) is 9.48 Å². The van der Waals surface area contributed by atoms with Crippen LogP contribution in [0, 0.1) is 0 Å². The summed E-state index contributed by atoms with van der Waals surface area (Å²) in [5, 5.41) is 6.26. The van der Waals surface area contributed by atoms with Gasteiger partial charge in [-0.25, -0.2) is 0 Å². The Kier molecular flexibility index (Phi) is 2.80. The molecule has 0 aliphatic carbocycles. The maximum atomic E-state index is 12.5. The molecule has 5 heteroatoms. The second kappa shape index (κ2) is 4.33. The number of aromatic nitrogens is 2. The van der Waals surface area contributed by atoms with E-state index in [0.29, 0.717) is 5.69 Å². The largest absolute Gasteiger partial charge is 0.286 e. The minimum absolute atomic E-state index is 0.0644. The maximum absolute atomic E-state index is 12.5. The molecular formula is C13H12N2OS2. The van der Waals surface area contributed by atoms with Crippen molar-refractivity contribution in [1.29, 1.82) is 0 Å². The molecule has 3 aromatic rings. The molecule has 3 heterocycles. The highest BCUT2D eigenvalue weighted by Gasteiger charge is 2.18. The molecule has 0 unspecified atom stereocenters. The molecule has 0 aliphatic heterocycles. The van der Waals surface area contributed by atoms with E-state index in [1.807, 2.05) is 25.3 Å². The van der Waals surface area contributed by atoms with E-state index in [-0.39, 0.29) is 11.8 Å². The molecular weight excluding hydrogens is 264 g/mol. The van der Waals surface area contributed by atoms with E-state index >= 15 is 0 Å². The van der Waals surface area contributed by atoms with Gasteiger partial charge in [0.05, 0.1) is 4.88 Å². The predicted molar refractivity (Wildman–Crippen MR) is 75.7 cm³/mol. The highest BCUT2D eigenvalue weighted by molar-refractivity contribution is 7.28. The van der Waals surface area contributed by atoms with Crippen LogP contribution in [0.2, 0.25) is 0 Å². The van der Waals surface area contributed by atoms with Gasteiger partial charge in [-0.2, -0.15) is 5.10 Å². The molecule has 0 saturated heterocycles. The molecule has 0 amide bonds. The average molecular weight is 276 g/mol. The van der Waals surface area contributed by atoms with Crippen LogP contribution in [0.1, 0.15) is 35.3 Å². The molecule has 0 radical (unpaired) electrons. The number of nitrogens with zero attached hydrogens (tertiary/aromatic N) is 2. The molecule has 0 N–H and O–H groups in total. The summed E-state index contributed by atoms with van der Waals surface area (Å²) in [6.07, 6.45) is 1.68. The molecule has 92 valence electrons. The van der Waals surface area contributed by atoms with Crippen LogP contribution in [-0.2, 0) is 0 Å². The Balaban J connectivity index is 2.04. The fourth-order valence-corrected chi connectivity index (χ4v) is 3.97. The zero-order valence-electron chi connectivity index (χ0n) is 10.1. The van der Waals surface area contributed by atoms with Crippen molar-refractivity contribution in [2.75, 3.05) is 0 Å². The van der Waals surface area contributed by atoms with Gasteiger partial charge in [-0.05, 0) is 37.4 Å². The van der Waals surface area contributed by atoms with Crippen LogP contribution in [0.25, 0.3) is 9.40 Å². The van der Waals surface area contributed by atoms with Crippen molar-refractivity contribution in [3.63, 3.8) is 0 Å². The second-order valence-corrected chi connectivity index (χ2v) is 6.38. The van der Waals surface area contributed by atoms with Gasteiger partial charge in [0.15, 0.2) is 0 Å². The zero-order valence-corrected chi connectivity index (χ0v) is 11.7. The number of hydrogen-bond acceptors (Lipinski definition) is 4. The molecule has 0 saturated carbocycles. The van der Waals surface area contributed by atoms with Crippen molar-refractivity contribution in [3.8, 4) is 0 Å². The molecule has 3 nitrogen and oxygen atoms in total. The summed E-state index contributed by atoms with van der Waals surface area (Å²) in [5.74, 6) is 0.0644. The van der Waals surface area contributed by atoms with Gasteiger partial charge in [0.25, 0.3) is 0 Å². The molecule has 3 aromatic heterocycles. The van der Waals surface area contributed by atoms with Crippen LogP contribution in [0.15, 0.2) is 29.8 Å². The van der Waals surface area contributed by atoms with Crippen LogP contribution in [-0.4, -0.2) is 15.6 Å². The SMILES string of the molecule is CC(C)n1nccc1C(=O)c1cc2sccc2s1. The monoisotopic (exact) mass is 276 g/mol. The van der Waals surface area contributed by atoms with E-state index in [0.717, 1.165) is 4.88 Å². The third-order valence-corrected chi connectivity index (χ3v) is 4.85. The Morgan fingerprint density at radius 2 is 2.17 bits per heavy atom. The predicted octanol–water partition coefficient (Wildman–Crippen LogP) is 3.97. The van der Waals surface area contributed by atoms with Crippen molar-refractivity contribution >= 4 is 37.9 Å². The molecule has 0 atom stereocenters. The number of ketones is 1. The fraction of sp³-hybridized carbons (Fsp3) is 0.231. The van der Waals surface area contributed by atoms with Crippen molar-refractivity contribution in [1.82, 2.24) is 9.78 Å². The Morgan fingerprint density at radius 1 is 1.33 bits per heavy atom. The van der Waals surface area contributed by atoms with E-state index < -0.39 is 0 Å². The van der Waals surface area contributed by atoms with E-state index in [1.165, 1.54) is 9.40 Å². The molecule has 0 aromatic carbocycles. The third-order valence-electron chi connectivity index (χ3n) is 2.76. The van der Waals surface area contributed by atoms with Crippen molar-refractivity contribution in [2.24, 2.45) is 0 Å². The normalized spacial score (nSPS) is 11.5. The minimum Gasteiger partial charge on any atom is -0.286 e. The van der Waals surface area contributed by atoms with Crippen molar-refractivity contribution in [3.05, 3.63) is 40.3 Å². The summed E-state index contributed by atoms with van der Waals surface area (Å²) < 4.78 is 4.13. The molecule has 0 bridgehead atoms. The van der Waals surface area contributed by atoms with Gasteiger partial charge in [0.2, 0.25) is 5.78 Å². The molecule has 0 fully saturated rings. The summed E-state index contributed by atoms with van der Waals surface area (Å²) in [6.45, 7) is 4.05. The number of fused-ring (bicyclic) bond motifs is 1. The van der Waals surface area contributed by atoms with Gasteiger partial charge >= 0.3 is 0 Å². The topological polar surface area (TPSA) is 34.9 Å². The van der Waals surface area contributed by atoms with Gasteiger partial charge < -0.3 is 0 Å². The lowest BCUT2D eigenvalue weighted by molar-refractivity contribution is 0.103. The molecule has 0 spiro atoms. The van der Waals surface area contributed by atoms with Crippen LogP contribution in [0.4, 0.5) is 0 Å². The fourth-order valence-electron chi connectivity index (χ4n) is 1.91. The number of thiophene rings is 2. The Bertz CT molecular complexity index is 677. The Morgan fingerprint density at radius 3 is 2.89 bits per heavy atom. The van der Waals surface area contributed by atoms with Crippen molar-refractivity contribution in [2.45, 2.75) is 19.9 Å². The van der Waals surface area contributed by atoms with E-state index in [9.17, 15) is 4.79 Å². The van der Waals surface area contributed by atoms with Crippen LogP contribution < -0.4 is 0 Å². The lowest BCUT2D eigenvalue weighted by Gasteiger charge is -2.08. The number of carbonyl (C=O) groups excluding carboxylic acids is 1. The number of rotatable bonds is 3. The van der Waals surface area contributed by atoms with Crippen molar-refractivity contribution < 1.29 is 4.79 Å². The first kappa shape index (κ1) is 11.6. The summed E-state index contributed by atoms with van der Waals surface area (Å²) in [5.41, 5.74) is 0.666. The van der Waals surface area contributed by atoms with Crippen LogP contribution in [0.5, 0.6) is 0 Å². The summed E-state index contributed by atoms with van der Waals surface area (Å²) in [7, 11) is 0.